The Morgan fingerprint density at radius 2 is 1.50 bits per heavy atom. The van der Waals surface area contributed by atoms with E-state index in [1.807, 2.05) is 74.5 Å². The number of nitro benzene ring substituents is 1. The second-order valence-corrected chi connectivity index (χ2v) is 9.68. The van der Waals surface area contributed by atoms with Gasteiger partial charge in [-0.25, -0.2) is 4.79 Å². The number of benzene rings is 3. The molecule has 3 aromatic carbocycles. The highest BCUT2D eigenvalue weighted by Crippen LogP contribution is 2.28. The molecule has 0 spiro atoms. The number of ether oxygens (including phenoxy) is 2. The van der Waals surface area contributed by atoms with E-state index >= 15 is 0 Å². The van der Waals surface area contributed by atoms with Gasteiger partial charge in [0, 0.05) is 23.1 Å². The molecule has 188 valence electrons. The summed E-state index contributed by atoms with van der Waals surface area (Å²) in [5.74, 6) is -0.157. The van der Waals surface area contributed by atoms with Gasteiger partial charge in [0.15, 0.2) is 6.04 Å². The van der Waals surface area contributed by atoms with Crippen molar-refractivity contribution in [2.24, 2.45) is 4.99 Å². The van der Waals surface area contributed by atoms with E-state index in [1.54, 1.807) is 32.9 Å². The smallest absolute Gasteiger partial charge is 0.331 e. The molecule has 0 bridgehead atoms. The topological polar surface area (TPSA) is 91.0 Å². The third-order valence-corrected chi connectivity index (χ3v) is 5.10. The van der Waals surface area contributed by atoms with Crippen molar-refractivity contribution in [1.82, 2.24) is 0 Å². The summed E-state index contributed by atoms with van der Waals surface area (Å²) in [6.45, 7) is 9.04. The Labute approximate surface area is 211 Å². The maximum atomic E-state index is 13.3. The number of carbonyl (C=O) groups is 1. The molecule has 0 radical (unpaired) electrons. The molecule has 7 heteroatoms. The van der Waals surface area contributed by atoms with E-state index in [4.69, 9.17) is 14.5 Å². The molecule has 3 aromatic rings. The average Bonchev–Trinajstić information content (AvgIpc) is 2.82. The molecule has 7 nitrogen and oxygen atoms in total. The lowest BCUT2D eigenvalue weighted by Crippen LogP contribution is -2.33. The van der Waals surface area contributed by atoms with Gasteiger partial charge in [-0.15, -0.1) is 0 Å². The van der Waals surface area contributed by atoms with Gasteiger partial charge in [-0.05, 0) is 46.8 Å². The first-order valence-corrected chi connectivity index (χ1v) is 11.9. The highest BCUT2D eigenvalue weighted by Gasteiger charge is 2.29. The molecule has 0 aliphatic rings. The third kappa shape index (κ3) is 7.50. The van der Waals surface area contributed by atoms with Crippen molar-refractivity contribution >= 4 is 17.4 Å². The third-order valence-electron chi connectivity index (χ3n) is 5.10. The van der Waals surface area contributed by atoms with Crippen LogP contribution in [0.25, 0.3) is 0 Å². The zero-order valence-electron chi connectivity index (χ0n) is 21.3. The Bertz CT molecular complexity index is 1170. The van der Waals surface area contributed by atoms with E-state index < -0.39 is 22.5 Å². The zero-order valence-corrected chi connectivity index (χ0v) is 21.3. The summed E-state index contributed by atoms with van der Waals surface area (Å²) in [4.78, 5) is 29.6. The van der Waals surface area contributed by atoms with Gasteiger partial charge in [-0.3, -0.25) is 15.1 Å². The Morgan fingerprint density at radius 1 is 0.944 bits per heavy atom. The summed E-state index contributed by atoms with van der Waals surface area (Å²) in [7, 11) is 0. The fourth-order valence-corrected chi connectivity index (χ4v) is 3.66. The van der Waals surface area contributed by atoms with Crippen LogP contribution >= 0.6 is 0 Å². The molecule has 0 aliphatic carbocycles. The number of rotatable bonds is 9. The Hall–Kier alpha value is -4.00. The second kappa shape index (κ2) is 11.6. The summed E-state index contributed by atoms with van der Waals surface area (Å²) in [5.41, 5.74) is 1.76. The highest BCUT2D eigenvalue weighted by molar-refractivity contribution is 6.13. The van der Waals surface area contributed by atoms with Crippen LogP contribution in [0.5, 0.6) is 5.75 Å². The molecular formula is C29H32N2O5. The van der Waals surface area contributed by atoms with Crippen LogP contribution in [-0.2, 0) is 16.0 Å². The second-order valence-electron chi connectivity index (χ2n) is 9.68. The molecule has 0 N–H and O–H groups in total. The van der Waals surface area contributed by atoms with Crippen LogP contribution < -0.4 is 4.74 Å². The van der Waals surface area contributed by atoms with Crippen molar-refractivity contribution in [1.29, 1.82) is 0 Å². The number of aliphatic imine (C=N–C) groups is 1. The number of hydrogen-bond donors (Lipinski definition) is 0. The molecule has 0 amide bonds. The molecular weight excluding hydrogens is 456 g/mol. The monoisotopic (exact) mass is 488 g/mol. The van der Waals surface area contributed by atoms with Crippen LogP contribution in [0.3, 0.4) is 0 Å². The summed E-state index contributed by atoms with van der Waals surface area (Å²) in [6.07, 6.45) is -0.134. The minimum Gasteiger partial charge on any atom is -0.491 e. The first kappa shape index (κ1) is 26.6. The van der Waals surface area contributed by atoms with Crippen LogP contribution in [0.2, 0.25) is 0 Å². The molecule has 0 saturated carbocycles. The predicted molar refractivity (Wildman–Crippen MR) is 141 cm³/mol. The standard InChI is InChI=1S/C29H32N2O5/c1-20(2)35-24-17-16-23(26(19-24)31(33)34)18-25(28(32)36-29(3,4)5)30-27(21-12-8-6-9-13-21)22-14-10-7-11-15-22/h6-17,19-20,25H,18H2,1-5H3/t25-/m0/s1. The lowest BCUT2D eigenvalue weighted by Gasteiger charge is -2.23. The largest absolute Gasteiger partial charge is 0.491 e. The van der Waals surface area contributed by atoms with E-state index in [0.717, 1.165) is 11.1 Å². The van der Waals surface area contributed by atoms with Crippen molar-refractivity contribution in [3.8, 4) is 5.75 Å². The van der Waals surface area contributed by atoms with Crippen molar-refractivity contribution in [3.63, 3.8) is 0 Å². The number of esters is 1. The Kier molecular flexibility index (Phi) is 8.59. The molecule has 1 atom stereocenters. The van der Waals surface area contributed by atoms with Crippen LogP contribution in [0.15, 0.2) is 83.9 Å². The normalized spacial score (nSPS) is 12.1. The Balaban J connectivity index is 2.11. The molecule has 0 saturated heterocycles. The van der Waals surface area contributed by atoms with Crippen molar-refractivity contribution in [2.45, 2.75) is 58.8 Å². The highest BCUT2D eigenvalue weighted by atomic mass is 16.6. The minimum absolute atomic E-state index is 0.00362. The van der Waals surface area contributed by atoms with Gasteiger partial charge >= 0.3 is 5.97 Å². The molecule has 0 unspecified atom stereocenters. The molecule has 0 heterocycles. The molecule has 0 aromatic heterocycles. The van der Waals surface area contributed by atoms with E-state index in [0.29, 0.717) is 17.0 Å². The Morgan fingerprint density at radius 3 is 1.97 bits per heavy atom. The van der Waals surface area contributed by atoms with Crippen LogP contribution in [-0.4, -0.2) is 34.4 Å². The molecule has 0 aliphatic heterocycles. The maximum absolute atomic E-state index is 13.3. The fourth-order valence-electron chi connectivity index (χ4n) is 3.66. The summed E-state index contributed by atoms with van der Waals surface area (Å²) < 4.78 is 11.3. The maximum Gasteiger partial charge on any atom is 0.331 e. The fraction of sp³-hybridized carbons (Fsp3) is 0.310. The van der Waals surface area contributed by atoms with E-state index in [-0.39, 0.29) is 18.2 Å². The number of nitro groups is 1. The van der Waals surface area contributed by atoms with Gasteiger partial charge in [0.05, 0.1) is 22.8 Å². The summed E-state index contributed by atoms with van der Waals surface area (Å²) in [5, 5.41) is 11.9. The van der Waals surface area contributed by atoms with Gasteiger partial charge in [-0.1, -0.05) is 60.7 Å². The van der Waals surface area contributed by atoms with Gasteiger partial charge in [0.2, 0.25) is 0 Å². The van der Waals surface area contributed by atoms with Gasteiger partial charge < -0.3 is 9.47 Å². The summed E-state index contributed by atoms with van der Waals surface area (Å²) >= 11 is 0. The van der Waals surface area contributed by atoms with Gasteiger partial charge in [0.25, 0.3) is 5.69 Å². The first-order chi connectivity index (χ1) is 17.0. The quantitative estimate of drug-likeness (QED) is 0.155. The van der Waals surface area contributed by atoms with Crippen LogP contribution in [0.1, 0.15) is 51.3 Å². The lowest BCUT2D eigenvalue weighted by molar-refractivity contribution is -0.385. The lowest BCUT2D eigenvalue weighted by atomic mass is 10.00. The number of hydrogen-bond acceptors (Lipinski definition) is 6. The molecule has 0 fully saturated rings. The summed E-state index contributed by atoms with van der Waals surface area (Å²) in [6, 6.07) is 22.7. The van der Waals surface area contributed by atoms with Gasteiger partial charge in [0.1, 0.15) is 11.4 Å². The minimum atomic E-state index is -1.00. The zero-order chi connectivity index (χ0) is 26.3. The van der Waals surface area contributed by atoms with E-state index in [2.05, 4.69) is 0 Å². The molecule has 36 heavy (non-hydrogen) atoms. The van der Waals surface area contributed by atoms with Crippen molar-refractivity contribution in [2.75, 3.05) is 0 Å². The average molecular weight is 489 g/mol. The van der Waals surface area contributed by atoms with Gasteiger partial charge in [-0.2, -0.15) is 0 Å². The van der Waals surface area contributed by atoms with Crippen LogP contribution in [0, 0.1) is 10.1 Å². The van der Waals surface area contributed by atoms with E-state index in [1.165, 1.54) is 6.07 Å². The van der Waals surface area contributed by atoms with Crippen molar-refractivity contribution in [3.05, 3.63) is 106 Å². The SMILES string of the molecule is CC(C)Oc1ccc(C[C@H](N=C(c2ccccc2)c2ccccc2)C(=O)OC(C)(C)C)c([N+](=O)[O-])c1. The van der Waals surface area contributed by atoms with Crippen LogP contribution in [0.4, 0.5) is 5.69 Å². The first-order valence-electron chi connectivity index (χ1n) is 11.9. The molecule has 3 rings (SSSR count). The van der Waals surface area contributed by atoms with Crippen molar-refractivity contribution < 1.29 is 19.2 Å². The predicted octanol–water partition coefficient (Wildman–Crippen LogP) is 6.17. The van der Waals surface area contributed by atoms with E-state index in [9.17, 15) is 14.9 Å². The number of carbonyl (C=O) groups excluding carboxylic acids is 1. The number of nitrogens with zero attached hydrogens (tertiary/aromatic N) is 2.